The maximum atomic E-state index is 5.28. The van der Waals surface area contributed by atoms with Crippen LogP contribution >= 0.6 is 0 Å². The van der Waals surface area contributed by atoms with Gasteiger partial charge in [0.15, 0.2) is 11.5 Å². The summed E-state index contributed by atoms with van der Waals surface area (Å²) in [6.45, 7) is 22.1. The van der Waals surface area contributed by atoms with Crippen molar-refractivity contribution in [2.45, 2.75) is 47.5 Å². The highest BCUT2D eigenvalue weighted by molar-refractivity contribution is 5.55. The lowest BCUT2D eigenvalue weighted by atomic mass is 10.2. The number of hydrogen-bond donors (Lipinski definition) is 1. The van der Waals surface area contributed by atoms with Gasteiger partial charge in [0.1, 0.15) is 0 Å². The summed E-state index contributed by atoms with van der Waals surface area (Å²) < 4.78 is 10.5. The number of anilines is 1. The number of benzene rings is 1. The van der Waals surface area contributed by atoms with Crippen molar-refractivity contribution >= 4 is 5.69 Å². The Bertz CT molecular complexity index is 665. The van der Waals surface area contributed by atoms with Gasteiger partial charge in [-0.25, -0.2) is 0 Å². The molecule has 0 aliphatic heterocycles. The van der Waals surface area contributed by atoms with Crippen molar-refractivity contribution in [3.8, 4) is 11.5 Å². The Balaban J connectivity index is 0. The Morgan fingerprint density at radius 3 is 2.03 bits per heavy atom. The fraction of sp³-hybridized carbons (Fsp3) is 0.385. The minimum atomic E-state index is 0.711. The molecule has 0 bridgehead atoms. The molecule has 1 aromatic carbocycles. The molecule has 0 aliphatic carbocycles. The molecule has 0 spiro atoms. The molecule has 162 valence electrons. The molecule has 0 fully saturated rings. The van der Waals surface area contributed by atoms with Crippen molar-refractivity contribution in [1.29, 1.82) is 0 Å². The predicted octanol–water partition coefficient (Wildman–Crippen LogP) is 7.75. The Morgan fingerprint density at radius 1 is 1.00 bits per heavy atom. The molecule has 1 N–H and O–H groups in total. The van der Waals surface area contributed by atoms with Crippen LogP contribution in [0.3, 0.4) is 0 Å². The van der Waals surface area contributed by atoms with Crippen molar-refractivity contribution in [2.75, 3.05) is 26.1 Å². The third-order valence-corrected chi connectivity index (χ3v) is 3.63. The second-order valence-corrected chi connectivity index (χ2v) is 6.23. The van der Waals surface area contributed by atoms with Crippen molar-refractivity contribution < 1.29 is 9.47 Å². The third-order valence-electron chi connectivity index (χ3n) is 3.63. The molecular formula is C26H41NO2. The monoisotopic (exact) mass is 399 g/mol. The number of ether oxygens (including phenoxy) is 2. The van der Waals surface area contributed by atoms with Crippen LogP contribution < -0.4 is 14.8 Å². The highest BCUT2D eigenvalue weighted by Gasteiger charge is 2.04. The predicted molar refractivity (Wildman–Crippen MR) is 131 cm³/mol. The van der Waals surface area contributed by atoms with Crippen LogP contribution in [0.2, 0.25) is 0 Å². The van der Waals surface area contributed by atoms with E-state index in [0.29, 0.717) is 12.3 Å². The van der Waals surface area contributed by atoms with Crippen molar-refractivity contribution in [1.82, 2.24) is 0 Å². The van der Waals surface area contributed by atoms with E-state index in [9.17, 15) is 0 Å². The van der Waals surface area contributed by atoms with E-state index in [4.69, 9.17) is 9.47 Å². The third kappa shape index (κ3) is 14.0. The number of methoxy groups -OCH3 is 2. The van der Waals surface area contributed by atoms with Gasteiger partial charge in [0.2, 0.25) is 0 Å². The molecule has 0 amide bonds. The summed E-state index contributed by atoms with van der Waals surface area (Å²) in [5.41, 5.74) is 4.51. The van der Waals surface area contributed by atoms with E-state index in [1.54, 1.807) is 14.2 Å². The molecule has 0 saturated heterocycles. The molecule has 0 atom stereocenters. The van der Waals surface area contributed by atoms with E-state index in [-0.39, 0.29) is 0 Å². The number of nitrogens with one attached hydrogen (secondary N) is 1. The summed E-state index contributed by atoms with van der Waals surface area (Å²) >= 11 is 0. The molecule has 3 heteroatoms. The van der Waals surface area contributed by atoms with E-state index < -0.39 is 0 Å². The zero-order valence-electron chi connectivity index (χ0n) is 19.6. The average Bonchev–Trinajstić information content (AvgIpc) is 2.75. The standard InChI is InChI=1S/C17H23NO2.C7H12.C2H6/c1-6-14(8-7-13(2)3)12-18-15-9-10-16(19-4)17(11-15)20-5;1-4-6-7(3)5-2;1-2/h6-11,18H,1,12H2,2-5H3;5H,2-4,6H2,1H3;1-2H3/b14-8+;;. The normalized spacial score (nSPS) is 9.55. The summed E-state index contributed by atoms with van der Waals surface area (Å²) in [6, 6.07) is 5.76. The highest BCUT2D eigenvalue weighted by Crippen LogP contribution is 2.29. The Labute approximate surface area is 179 Å². The van der Waals surface area contributed by atoms with E-state index in [1.165, 1.54) is 12.0 Å². The summed E-state index contributed by atoms with van der Waals surface area (Å²) in [7, 11) is 3.26. The zero-order valence-corrected chi connectivity index (χ0v) is 19.6. The van der Waals surface area contributed by atoms with Gasteiger partial charge in [0.25, 0.3) is 0 Å². The van der Waals surface area contributed by atoms with Crippen molar-refractivity contribution in [2.24, 2.45) is 0 Å². The first-order chi connectivity index (χ1) is 13.9. The molecule has 29 heavy (non-hydrogen) atoms. The van der Waals surface area contributed by atoms with Gasteiger partial charge >= 0.3 is 0 Å². The lowest BCUT2D eigenvalue weighted by molar-refractivity contribution is 0.355. The topological polar surface area (TPSA) is 30.5 Å². The second kappa shape index (κ2) is 18.7. The van der Waals surface area contributed by atoms with Crippen LogP contribution in [0, 0.1) is 0 Å². The molecule has 0 aromatic heterocycles. The van der Waals surface area contributed by atoms with Gasteiger partial charge in [-0.05, 0) is 38.0 Å². The van der Waals surface area contributed by atoms with Crippen LogP contribution in [0.25, 0.3) is 0 Å². The first-order valence-electron chi connectivity index (χ1n) is 10.1. The van der Waals surface area contributed by atoms with Gasteiger partial charge in [0.05, 0.1) is 14.2 Å². The lowest BCUT2D eigenvalue weighted by Crippen LogP contribution is -2.03. The minimum Gasteiger partial charge on any atom is -0.493 e. The Hall–Kier alpha value is -2.68. The molecule has 0 unspecified atom stereocenters. The molecule has 0 radical (unpaired) electrons. The van der Waals surface area contributed by atoms with Gasteiger partial charge in [-0.3, -0.25) is 0 Å². The van der Waals surface area contributed by atoms with E-state index in [2.05, 4.69) is 58.0 Å². The van der Waals surface area contributed by atoms with E-state index in [1.807, 2.05) is 44.2 Å². The van der Waals surface area contributed by atoms with E-state index in [0.717, 1.165) is 29.0 Å². The molecule has 0 saturated carbocycles. The fourth-order valence-corrected chi connectivity index (χ4v) is 2.05. The maximum absolute atomic E-state index is 5.28. The summed E-state index contributed by atoms with van der Waals surface area (Å²) in [4.78, 5) is 0. The summed E-state index contributed by atoms with van der Waals surface area (Å²) in [6.07, 6.45) is 10.1. The summed E-state index contributed by atoms with van der Waals surface area (Å²) in [5, 5.41) is 3.34. The highest BCUT2D eigenvalue weighted by atomic mass is 16.5. The Kier molecular flexibility index (Phi) is 18.4. The summed E-state index contributed by atoms with van der Waals surface area (Å²) in [5.74, 6) is 1.44. The van der Waals surface area contributed by atoms with Crippen LogP contribution in [0.1, 0.15) is 47.5 Å². The number of rotatable bonds is 10. The van der Waals surface area contributed by atoms with Crippen LogP contribution in [-0.2, 0) is 0 Å². The lowest BCUT2D eigenvalue weighted by Gasteiger charge is -2.11. The zero-order chi connectivity index (χ0) is 22.7. The van der Waals surface area contributed by atoms with Crippen LogP contribution in [-0.4, -0.2) is 20.8 Å². The fourth-order valence-electron chi connectivity index (χ4n) is 2.05. The van der Waals surface area contributed by atoms with Gasteiger partial charge in [-0.1, -0.05) is 82.4 Å². The molecule has 3 nitrogen and oxygen atoms in total. The molecule has 0 aliphatic rings. The molecule has 1 aromatic rings. The molecule has 0 heterocycles. The number of hydrogen-bond acceptors (Lipinski definition) is 3. The second-order valence-electron chi connectivity index (χ2n) is 6.23. The molecular weight excluding hydrogens is 358 g/mol. The first-order valence-corrected chi connectivity index (χ1v) is 10.1. The maximum Gasteiger partial charge on any atom is 0.162 e. The quantitative estimate of drug-likeness (QED) is 0.408. The van der Waals surface area contributed by atoms with Gasteiger partial charge in [-0.15, -0.1) is 0 Å². The van der Waals surface area contributed by atoms with Crippen molar-refractivity contribution in [3.63, 3.8) is 0 Å². The van der Waals surface area contributed by atoms with Crippen LogP contribution in [0.15, 0.2) is 79.0 Å². The SMILES string of the molecule is C=C/C(=C\C=C(C)C)CNc1ccc(OC)c(OC)c1.C=CC(=C)CCC.CC. The van der Waals surface area contributed by atoms with E-state index >= 15 is 0 Å². The largest absolute Gasteiger partial charge is 0.493 e. The average molecular weight is 400 g/mol. The van der Waals surface area contributed by atoms with Gasteiger partial charge < -0.3 is 14.8 Å². The molecule has 1 rings (SSSR count). The van der Waals surface area contributed by atoms with Crippen LogP contribution in [0.4, 0.5) is 5.69 Å². The first kappa shape index (κ1) is 28.5. The van der Waals surface area contributed by atoms with Crippen molar-refractivity contribution in [3.05, 3.63) is 79.0 Å². The smallest absolute Gasteiger partial charge is 0.162 e. The number of allylic oxidation sites excluding steroid dienone is 5. The van der Waals surface area contributed by atoms with Gasteiger partial charge in [-0.2, -0.15) is 0 Å². The Morgan fingerprint density at radius 2 is 1.62 bits per heavy atom. The van der Waals surface area contributed by atoms with Crippen LogP contribution in [0.5, 0.6) is 11.5 Å². The minimum absolute atomic E-state index is 0.711. The van der Waals surface area contributed by atoms with Gasteiger partial charge in [0, 0.05) is 18.3 Å².